The summed E-state index contributed by atoms with van der Waals surface area (Å²) < 4.78 is 0. The fourth-order valence-electron chi connectivity index (χ4n) is 2.93. The molecule has 0 aliphatic carbocycles. The second-order valence-electron chi connectivity index (χ2n) is 10.7. The van der Waals surface area contributed by atoms with Gasteiger partial charge in [0.1, 0.15) is 16.1 Å². The van der Waals surface area contributed by atoms with Crippen molar-refractivity contribution < 1.29 is 0 Å². The standard InChI is InChI=1S/C28H46S2Si2/c1-9-11-13-15-19-29-27-23-26(18-22-32(6,7)8)28(30-20-16-14-12-10-2)24-25(27)17-21-31(3,4)5/h23-24H,9-16,19-20H2,1-8H3. The highest BCUT2D eigenvalue weighted by Crippen LogP contribution is 2.32. The Morgan fingerprint density at radius 1 is 0.594 bits per heavy atom. The molecule has 0 saturated heterocycles. The maximum Gasteiger partial charge on any atom is 0.129 e. The summed E-state index contributed by atoms with van der Waals surface area (Å²) in [5.41, 5.74) is 9.68. The Bertz CT molecular complexity index is 739. The first-order valence-corrected chi connectivity index (χ1v) is 21.5. The Balaban J connectivity index is 3.26. The number of thioether (sulfide) groups is 2. The van der Waals surface area contributed by atoms with Crippen LogP contribution < -0.4 is 0 Å². The van der Waals surface area contributed by atoms with E-state index in [1.54, 1.807) is 0 Å². The van der Waals surface area contributed by atoms with Gasteiger partial charge >= 0.3 is 0 Å². The van der Waals surface area contributed by atoms with E-state index in [-0.39, 0.29) is 0 Å². The van der Waals surface area contributed by atoms with Crippen LogP contribution in [0.15, 0.2) is 21.9 Å². The van der Waals surface area contributed by atoms with Crippen molar-refractivity contribution in [1.82, 2.24) is 0 Å². The minimum Gasteiger partial charge on any atom is -0.127 e. The molecule has 178 valence electrons. The summed E-state index contributed by atoms with van der Waals surface area (Å²) in [7, 11) is -2.85. The zero-order valence-corrected chi connectivity index (χ0v) is 25.7. The summed E-state index contributed by atoms with van der Waals surface area (Å²) in [6.07, 6.45) is 10.5. The molecular formula is C28H46S2Si2. The number of hydrogen-bond acceptors (Lipinski definition) is 2. The molecular weight excluding hydrogens is 457 g/mol. The van der Waals surface area contributed by atoms with E-state index in [0.29, 0.717) is 0 Å². The fourth-order valence-corrected chi connectivity index (χ4v) is 6.02. The van der Waals surface area contributed by atoms with Gasteiger partial charge in [0, 0.05) is 20.9 Å². The van der Waals surface area contributed by atoms with E-state index in [0.717, 1.165) is 0 Å². The molecule has 0 bridgehead atoms. The molecule has 0 aromatic heterocycles. The second kappa shape index (κ2) is 15.4. The first-order chi connectivity index (χ1) is 15.1. The van der Waals surface area contributed by atoms with Crippen molar-refractivity contribution in [3.05, 3.63) is 23.3 Å². The molecule has 0 aliphatic rings. The van der Waals surface area contributed by atoms with Gasteiger partial charge in [0.25, 0.3) is 0 Å². The highest BCUT2D eigenvalue weighted by Gasteiger charge is 2.13. The van der Waals surface area contributed by atoms with E-state index in [4.69, 9.17) is 0 Å². The van der Waals surface area contributed by atoms with Crippen molar-refractivity contribution in [1.29, 1.82) is 0 Å². The minimum atomic E-state index is -1.42. The van der Waals surface area contributed by atoms with E-state index < -0.39 is 16.1 Å². The van der Waals surface area contributed by atoms with Gasteiger partial charge in [0.15, 0.2) is 0 Å². The molecule has 1 aromatic rings. The molecule has 0 atom stereocenters. The molecule has 0 saturated carbocycles. The average molecular weight is 503 g/mol. The summed E-state index contributed by atoms with van der Waals surface area (Å²) >= 11 is 3.97. The number of rotatable bonds is 12. The monoisotopic (exact) mass is 502 g/mol. The van der Waals surface area contributed by atoms with Crippen molar-refractivity contribution in [2.75, 3.05) is 11.5 Å². The van der Waals surface area contributed by atoms with Crippen LogP contribution in [0.3, 0.4) is 0 Å². The molecule has 1 aromatic carbocycles. The summed E-state index contributed by atoms with van der Waals surface area (Å²) in [5.74, 6) is 9.53. The molecule has 0 aliphatic heterocycles. The first-order valence-electron chi connectivity index (χ1n) is 12.6. The lowest BCUT2D eigenvalue weighted by molar-refractivity contribution is 0.706. The number of hydrogen-bond donors (Lipinski definition) is 0. The van der Waals surface area contributed by atoms with Gasteiger partial charge in [-0.2, -0.15) is 0 Å². The number of unbranched alkanes of at least 4 members (excludes halogenated alkanes) is 6. The van der Waals surface area contributed by atoms with Crippen molar-refractivity contribution in [2.45, 2.75) is 114 Å². The third kappa shape index (κ3) is 13.9. The highest BCUT2D eigenvalue weighted by molar-refractivity contribution is 7.99. The van der Waals surface area contributed by atoms with Crippen LogP contribution in [0.5, 0.6) is 0 Å². The van der Waals surface area contributed by atoms with Crippen molar-refractivity contribution in [3.8, 4) is 22.9 Å². The van der Waals surface area contributed by atoms with Crippen LogP contribution in [0.4, 0.5) is 0 Å². The molecule has 1 rings (SSSR count). The maximum atomic E-state index is 3.61. The zero-order chi connectivity index (χ0) is 24.0. The van der Waals surface area contributed by atoms with Gasteiger partial charge in [-0.1, -0.05) is 103 Å². The molecule has 0 fully saturated rings. The molecule has 0 amide bonds. The van der Waals surface area contributed by atoms with Crippen molar-refractivity contribution >= 4 is 39.7 Å². The summed E-state index contributed by atoms with van der Waals surface area (Å²) in [4.78, 5) is 2.67. The van der Waals surface area contributed by atoms with Crippen LogP contribution in [0, 0.1) is 22.9 Å². The molecule has 0 spiro atoms. The van der Waals surface area contributed by atoms with E-state index in [1.807, 2.05) is 23.5 Å². The first kappa shape index (κ1) is 29.5. The van der Waals surface area contributed by atoms with E-state index in [9.17, 15) is 0 Å². The topological polar surface area (TPSA) is 0 Å². The van der Waals surface area contributed by atoms with Gasteiger partial charge < -0.3 is 0 Å². The van der Waals surface area contributed by atoms with Gasteiger partial charge in [-0.05, 0) is 36.5 Å². The van der Waals surface area contributed by atoms with Gasteiger partial charge in [0.2, 0.25) is 0 Å². The number of benzene rings is 1. The van der Waals surface area contributed by atoms with E-state index in [2.05, 4.69) is 88.2 Å². The maximum absolute atomic E-state index is 3.61. The van der Waals surface area contributed by atoms with Crippen LogP contribution in [-0.4, -0.2) is 27.7 Å². The van der Waals surface area contributed by atoms with Gasteiger partial charge in [-0.15, -0.1) is 34.6 Å². The predicted molar refractivity (Wildman–Crippen MR) is 157 cm³/mol. The van der Waals surface area contributed by atoms with E-state index in [1.165, 1.54) is 83.8 Å². The normalized spacial score (nSPS) is 11.5. The van der Waals surface area contributed by atoms with Crippen LogP contribution in [0.1, 0.15) is 76.3 Å². The summed E-state index contributed by atoms with van der Waals surface area (Å²) in [6.45, 7) is 18.5. The lowest BCUT2D eigenvalue weighted by atomic mass is 10.1. The predicted octanol–water partition coefficient (Wildman–Crippen LogP) is 9.49. The third-order valence-electron chi connectivity index (χ3n) is 4.74. The van der Waals surface area contributed by atoms with Crippen LogP contribution >= 0.6 is 23.5 Å². The Morgan fingerprint density at radius 2 is 0.969 bits per heavy atom. The zero-order valence-electron chi connectivity index (χ0n) is 22.0. The third-order valence-corrected chi connectivity index (χ3v) is 8.77. The van der Waals surface area contributed by atoms with Gasteiger partial charge in [-0.25, -0.2) is 0 Å². The molecule has 4 heteroatoms. The van der Waals surface area contributed by atoms with Crippen LogP contribution in [0.2, 0.25) is 39.3 Å². The lowest BCUT2D eigenvalue weighted by Crippen LogP contribution is -2.16. The minimum absolute atomic E-state index is 1.17. The summed E-state index contributed by atoms with van der Waals surface area (Å²) in [6, 6.07) is 4.72. The Kier molecular flexibility index (Phi) is 14.2. The smallest absolute Gasteiger partial charge is 0.127 e. The lowest BCUT2D eigenvalue weighted by Gasteiger charge is -2.12. The molecule has 0 nitrogen and oxygen atoms in total. The van der Waals surface area contributed by atoms with Gasteiger partial charge in [-0.3, -0.25) is 0 Å². The van der Waals surface area contributed by atoms with E-state index >= 15 is 0 Å². The molecule has 0 radical (unpaired) electrons. The fraction of sp³-hybridized carbons (Fsp3) is 0.643. The van der Waals surface area contributed by atoms with Crippen molar-refractivity contribution in [2.24, 2.45) is 0 Å². The molecule has 0 unspecified atom stereocenters. The Labute approximate surface area is 210 Å². The van der Waals surface area contributed by atoms with Crippen LogP contribution in [-0.2, 0) is 0 Å². The van der Waals surface area contributed by atoms with Crippen molar-refractivity contribution in [3.63, 3.8) is 0 Å². The quantitative estimate of drug-likeness (QED) is 0.121. The Morgan fingerprint density at radius 3 is 1.28 bits per heavy atom. The summed E-state index contributed by atoms with van der Waals surface area (Å²) in [5, 5.41) is 0. The average Bonchev–Trinajstić information content (AvgIpc) is 2.70. The molecule has 0 heterocycles. The second-order valence-corrected chi connectivity index (χ2v) is 22.4. The SMILES string of the molecule is CCCCCCSc1cc(C#C[Si](C)(C)C)c(SCCCCCC)cc1C#C[Si](C)(C)C. The van der Waals surface area contributed by atoms with Crippen LogP contribution in [0.25, 0.3) is 0 Å². The Hall–Kier alpha value is -0.526. The molecule has 32 heavy (non-hydrogen) atoms. The van der Waals surface area contributed by atoms with Gasteiger partial charge in [0.05, 0.1) is 0 Å². The highest BCUT2D eigenvalue weighted by atomic mass is 32.2. The largest absolute Gasteiger partial charge is 0.129 e. The molecule has 0 N–H and O–H groups in total.